The van der Waals surface area contributed by atoms with E-state index in [4.69, 9.17) is 14.0 Å². The van der Waals surface area contributed by atoms with Crippen molar-refractivity contribution in [3.8, 4) is 17.4 Å². The van der Waals surface area contributed by atoms with Gasteiger partial charge in [0, 0.05) is 115 Å². The summed E-state index contributed by atoms with van der Waals surface area (Å²) in [6.45, 7) is 13.3. The number of alkyl halides is 3. The fourth-order valence-electron chi connectivity index (χ4n) is 9.23. The molecule has 0 aliphatic carbocycles. The molecule has 4 aromatic carbocycles. The van der Waals surface area contributed by atoms with Gasteiger partial charge in [0.15, 0.2) is 17.0 Å². The number of nitrogens with zero attached hydrogens (tertiary/aromatic N) is 7. The van der Waals surface area contributed by atoms with Crippen molar-refractivity contribution in [1.82, 2.24) is 25.4 Å². The fraction of sp³-hybridized carbons (Fsp3) is 0.447. The lowest BCUT2D eigenvalue weighted by Gasteiger charge is -2.43. The fourth-order valence-corrected chi connectivity index (χ4v) is 9.65. The van der Waals surface area contributed by atoms with Gasteiger partial charge in [-0.25, -0.2) is 0 Å². The SMILES string of the molecule is COc1ccccc1N1CCN(C2CCN(c3noc4ccccc34)CC2)CC1.COc1ccccc1N1CCN(C2CCNCC2)CC1.I.II.O=S(=O)(Oc1noc2ccccc12)C(F)(F)F. The molecule has 0 radical (unpaired) electrons. The molecule has 1 N–H and O–H groups in total. The third-order valence-corrected chi connectivity index (χ3v) is 13.7. The maximum atomic E-state index is 12.1. The molecule has 10 rings (SSSR count). The largest absolute Gasteiger partial charge is 0.534 e. The molecule has 0 atom stereocenters. The molecule has 0 spiro atoms. The molecular weight excluding hydrogens is 1260 g/mol. The van der Waals surface area contributed by atoms with Crippen LogP contribution in [0.3, 0.4) is 0 Å². The first-order chi connectivity index (χ1) is 33.0. The zero-order chi connectivity index (χ0) is 48.1. The quantitative estimate of drug-likeness (QED) is 0.0834. The Labute approximate surface area is 441 Å². The normalized spacial score (nSPS) is 17.6. The van der Waals surface area contributed by atoms with Gasteiger partial charge in [-0.1, -0.05) is 53.7 Å². The average Bonchev–Trinajstić information content (AvgIpc) is 4.01. The molecule has 376 valence electrons. The lowest BCUT2D eigenvalue weighted by atomic mass is 10.0. The van der Waals surface area contributed by atoms with Gasteiger partial charge in [0.1, 0.15) is 11.5 Å². The van der Waals surface area contributed by atoms with Crippen molar-refractivity contribution in [2.75, 3.05) is 107 Å². The Morgan fingerprint density at radius 2 is 1.03 bits per heavy atom. The van der Waals surface area contributed by atoms with Crippen LogP contribution in [0, 0.1) is 0 Å². The van der Waals surface area contributed by atoms with E-state index in [1.165, 1.54) is 81.4 Å². The summed E-state index contributed by atoms with van der Waals surface area (Å²) in [5, 5.41) is 12.1. The number of hydrogen-bond acceptors (Lipinski definition) is 15. The topological polar surface area (TPSA) is 142 Å². The van der Waals surface area contributed by atoms with Crippen LogP contribution in [0.5, 0.6) is 17.4 Å². The number of methoxy groups -OCH3 is 2. The van der Waals surface area contributed by atoms with Gasteiger partial charge in [-0.05, 0) is 92.5 Å². The van der Waals surface area contributed by atoms with Gasteiger partial charge in [0.05, 0.1) is 36.4 Å². The van der Waals surface area contributed by atoms with Gasteiger partial charge < -0.3 is 42.7 Å². The summed E-state index contributed by atoms with van der Waals surface area (Å²) in [7, 11) is -2.23. The lowest BCUT2D eigenvalue weighted by molar-refractivity contribution is -0.0501. The molecular formula is C47H58F3I3N8O7S. The third-order valence-electron chi connectivity index (χ3n) is 12.8. The van der Waals surface area contributed by atoms with Crippen molar-refractivity contribution < 1.29 is 44.3 Å². The molecule has 0 saturated carbocycles. The van der Waals surface area contributed by atoms with Crippen molar-refractivity contribution in [2.45, 2.75) is 43.3 Å². The number of halogens is 6. The van der Waals surface area contributed by atoms with E-state index in [2.05, 4.69) is 129 Å². The van der Waals surface area contributed by atoms with Crippen LogP contribution in [0.25, 0.3) is 21.9 Å². The number of fused-ring (bicyclic) bond motifs is 2. The molecule has 0 unspecified atom stereocenters. The number of ether oxygens (including phenoxy) is 2. The number of piperazine rings is 2. The molecule has 4 saturated heterocycles. The van der Waals surface area contributed by atoms with E-state index in [0.717, 1.165) is 86.7 Å². The molecule has 15 nitrogen and oxygen atoms in total. The van der Waals surface area contributed by atoms with Crippen LogP contribution in [0.4, 0.5) is 30.4 Å². The summed E-state index contributed by atoms with van der Waals surface area (Å²) in [6.07, 6.45) is 4.95. The summed E-state index contributed by atoms with van der Waals surface area (Å²) in [4.78, 5) is 12.6. The maximum Gasteiger partial charge on any atom is 0.534 e. The monoisotopic (exact) mass is 1320 g/mol. The van der Waals surface area contributed by atoms with Crippen molar-refractivity contribution in [3.63, 3.8) is 0 Å². The van der Waals surface area contributed by atoms with Crippen LogP contribution in [0.2, 0.25) is 0 Å². The van der Waals surface area contributed by atoms with Crippen LogP contribution in [-0.2, 0) is 10.1 Å². The molecule has 0 bridgehead atoms. The first-order valence-electron chi connectivity index (χ1n) is 22.6. The van der Waals surface area contributed by atoms with E-state index in [1.807, 2.05) is 30.3 Å². The van der Waals surface area contributed by atoms with Crippen LogP contribution >= 0.6 is 61.2 Å². The third kappa shape index (κ3) is 13.9. The van der Waals surface area contributed by atoms with E-state index >= 15 is 0 Å². The van der Waals surface area contributed by atoms with Gasteiger partial charge >= 0.3 is 15.6 Å². The number of aromatic nitrogens is 2. The molecule has 0 amide bonds. The highest BCUT2D eigenvalue weighted by atomic mass is 128. The van der Waals surface area contributed by atoms with Gasteiger partial charge in [-0.3, -0.25) is 9.80 Å². The Bertz CT molecular complexity index is 2600. The number of para-hydroxylation sites is 6. The highest BCUT2D eigenvalue weighted by molar-refractivity contribution is 15.0. The first-order valence-corrected chi connectivity index (χ1v) is 30.3. The molecule has 2 aromatic heterocycles. The minimum Gasteiger partial charge on any atom is -0.495 e. The number of piperidine rings is 2. The van der Waals surface area contributed by atoms with Crippen LogP contribution in [0.15, 0.2) is 106 Å². The Balaban J connectivity index is 0.000000173. The predicted octanol–water partition coefficient (Wildman–Crippen LogP) is 9.64. The van der Waals surface area contributed by atoms with Crippen LogP contribution < -0.4 is 33.7 Å². The van der Waals surface area contributed by atoms with Crippen molar-refractivity contribution >= 4 is 110 Å². The number of nitrogens with one attached hydrogen (secondary N) is 1. The highest BCUT2D eigenvalue weighted by Crippen LogP contribution is 2.34. The summed E-state index contributed by atoms with van der Waals surface area (Å²) >= 11 is 4.24. The predicted molar refractivity (Wildman–Crippen MR) is 292 cm³/mol. The van der Waals surface area contributed by atoms with E-state index in [1.54, 1.807) is 20.3 Å². The van der Waals surface area contributed by atoms with E-state index < -0.39 is 21.5 Å². The van der Waals surface area contributed by atoms with Crippen molar-refractivity contribution in [2.24, 2.45) is 0 Å². The number of anilines is 3. The Kier molecular flexibility index (Phi) is 20.8. The molecule has 22 heteroatoms. The maximum absolute atomic E-state index is 12.1. The van der Waals surface area contributed by atoms with Gasteiger partial charge in [0.25, 0.3) is 5.88 Å². The molecule has 69 heavy (non-hydrogen) atoms. The van der Waals surface area contributed by atoms with Crippen molar-refractivity contribution in [1.29, 1.82) is 0 Å². The van der Waals surface area contributed by atoms with E-state index in [-0.39, 0.29) is 34.9 Å². The summed E-state index contributed by atoms with van der Waals surface area (Å²) in [5.41, 5.74) is -2.06. The van der Waals surface area contributed by atoms with Crippen LogP contribution in [0.1, 0.15) is 25.7 Å². The second kappa shape index (κ2) is 26.2. The van der Waals surface area contributed by atoms with E-state index in [0.29, 0.717) is 6.04 Å². The second-order valence-electron chi connectivity index (χ2n) is 16.6. The zero-order valence-corrected chi connectivity index (χ0v) is 45.9. The second-order valence-corrected chi connectivity index (χ2v) is 18.1. The standard InChI is InChI=1S/C23H28N4O2.C16H25N3O.C8H4F3NO4S.I2.HI/c1-28-22-9-5-3-7-20(22)26-16-14-25(15-17-26)18-10-12-27(13-11-18)23-19-6-2-4-8-21(19)29-24-23;1-20-16-5-3-2-4-15(16)19-12-10-18(11-13-19)14-6-8-17-9-7-14;9-8(10,11)17(13,14)16-7-5-3-1-2-4-6(5)15-12-7;1-2;/h2-9,18H,10-17H2,1H3;2-5,14,17H,6-13H2,1H3;1-4H;;1H. The van der Waals surface area contributed by atoms with Gasteiger partial charge in [-0.2, -0.15) is 21.6 Å². The van der Waals surface area contributed by atoms with Crippen LogP contribution in [-0.4, -0.2) is 139 Å². The smallest absolute Gasteiger partial charge is 0.495 e. The lowest BCUT2D eigenvalue weighted by Crippen LogP contribution is -2.53. The number of hydrogen-bond donors (Lipinski definition) is 1. The molecule has 6 aromatic rings. The Hall–Kier alpha value is -3.57. The van der Waals surface area contributed by atoms with Gasteiger partial charge in [0.2, 0.25) is 0 Å². The summed E-state index contributed by atoms with van der Waals surface area (Å²) in [5.74, 6) is 2.22. The molecule has 4 aliphatic heterocycles. The van der Waals surface area contributed by atoms with E-state index in [9.17, 15) is 21.6 Å². The minimum atomic E-state index is -5.73. The van der Waals surface area contributed by atoms with Crippen molar-refractivity contribution in [3.05, 3.63) is 97.1 Å². The Morgan fingerprint density at radius 1 is 0.594 bits per heavy atom. The summed E-state index contributed by atoms with van der Waals surface area (Å²) in [6, 6.07) is 32.0. The first kappa shape index (κ1) is 54.8. The highest BCUT2D eigenvalue weighted by Gasteiger charge is 2.49. The Morgan fingerprint density at radius 3 is 1.54 bits per heavy atom. The summed E-state index contributed by atoms with van der Waals surface area (Å²) < 4.78 is 82.6. The zero-order valence-electron chi connectivity index (χ0n) is 38.4. The minimum absolute atomic E-state index is 0. The van der Waals surface area contributed by atoms with Gasteiger partial charge in [-0.15, -0.1) is 24.0 Å². The average molecular weight is 1320 g/mol. The molecule has 4 aliphatic rings. The number of benzene rings is 4. The number of rotatable bonds is 9. The molecule has 6 heterocycles. The molecule has 4 fully saturated rings.